The maximum Gasteiger partial charge on any atom is 0.333 e. The summed E-state index contributed by atoms with van der Waals surface area (Å²) < 4.78 is 22.6. The van der Waals surface area contributed by atoms with E-state index in [0.29, 0.717) is 31.8 Å². The lowest BCUT2D eigenvalue weighted by Gasteiger charge is -2.25. The molecule has 1 aliphatic rings. The molecular formula is C19H26O5. The van der Waals surface area contributed by atoms with E-state index >= 15 is 0 Å². The van der Waals surface area contributed by atoms with Crippen LogP contribution >= 0.6 is 0 Å². The van der Waals surface area contributed by atoms with E-state index in [-0.39, 0.29) is 12.2 Å². The molecule has 5 heteroatoms. The molecule has 1 aromatic carbocycles. The van der Waals surface area contributed by atoms with E-state index in [1.807, 2.05) is 44.2 Å². The van der Waals surface area contributed by atoms with Crippen molar-refractivity contribution in [3.05, 3.63) is 48.0 Å². The van der Waals surface area contributed by atoms with Gasteiger partial charge in [-0.25, -0.2) is 4.79 Å². The van der Waals surface area contributed by atoms with Crippen LogP contribution in [0.25, 0.3) is 0 Å². The molecule has 0 bridgehead atoms. The summed E-state index contributed by atoms with van der Waals surface area (Å²) in [4.78, 5) is 11.8. The molecule has 0 aromatic heterocycles. The Hall–Kier alpha value is -1.69. The molecular weight excluding hydrogens is 308 g/mol. The van der Waals surface area contributed by atoms with Crippen molar-refractivity contribution < 1.29 is 23.7 Å². The van der Waals surface area contributed by atoms with Crippen LogP contribution in [-0.2, 0) is 30.3 Å². The summed E-state index contributed by atoms with van der Waals surface area (Å²) in [5.41, 5.74) is 1.44. The lowest BCUT2D eigenvalue weighted by Crippen LogP contribution is -2.34. The van der Waals surface area contributed by atoms with Gasteiger partial charge in [0, 0.05) is 12.0 Å². The lowest BCUT2D eigenvalue weighted by atomic mass is 10.1. The zero-order valence-corrected chi connectivity index (χ0v) is 14.6. The van der Waals surface area contributed by atoms with Crippen LogP contribution in [0, 0.1) is 0 Å². The van der Waals surface area contributed by atoms with Gasteiger partial charge in [0.15, 0.2) is 5.79 Å². The van der Waals surface area contributed by atoms with Gasteiger partial charge in [-0.1, -0.05) is 36.9 Å². The lowest BCUT2D eigenvalue weighted by molar-refractivity contribution is -0.158. The predicted molar refractivity (Wildman–Crippen MR) is 90.3 cm³/mol. The summed E-state index contributed by atoms with van der Waals surface area (Å²) in [6.07, 6.45) is -0.241. The van der Waals surface area contributed by atoms with Crippen LogP contribution in [0.4, 0.5) is 0 Å². The predicted octanol–water partition coefficient (Wildman–Crippen LogP) is 3.23. The Morgan fingerprint density at radius 3 is 2.67 bits per heavy atom. The zero-order chi connectivity index (χ0) is 17.6. The number of carbonyl (C=O) groups excluding carboxylic acids is 1. The van der Waals surface area contributed by atoms with E-state index in [4.69, 9.17) is 18.9 Å². The number of ether oxygens (including phenoxy) is 4. The van der Waals surface area contributed by atoms with E-state index in [9.17, 15) is 4.79 Å². The molecule has 0 unspecified atom stereocenters. The van der Waals surface area contributed by atoms with Crippen LogP contribution in [0.15, 0.2) is 42.5 Å². The van der Waals surface area contributed by atoms with Gasteiger partial charge in [-0.15, -0.1) is 0 Å². The van der Waals surface area contributed by atoms with Crippen LogP contribution in [-0.4, -0.2) is 37.2 Å². The summed E-state index contributed by atoms with van der Waals surface area (Å²) in [7, 11) is 0. The van der Waals surface area contributed by atoms with Gasteiger partial charge in [0.05, 0.1) is 25.9 Å². The molecule has 0 amide bonds. The second kappa shape index (κ2) is 8.42. The first-order valence-electron chi connectivity index (χ1n) is 8.23. The normalized spacial score (nSPS) is 20.5. The van der Waals surface area contributed by atoms with Crippen molar-refractivity contribution >= 4 is 5.97 Å². The topological polar surface area (TPSA) is 54.0 Å². The molecule has 1 saturated heterocycles. The van der Waals surface area contributed by atoms with Crippen LogP contribution in [0.3, 0.4) is 0 Å². The van der Waals surface area contributed by atoms with Crippen LogP contribution in [0.2, 0.25) is 0 Å². The Kier molecular flexibility index (Phi) is 6.54. The van der Waals surface area contributed by atoms with Crippen molar-refractivity contribution in [3.8, 4) is 0 Å². The molecule has 2 atom stereocenters. The Labute approximate surface area is 143 Å². The molecule has 132 valence electrons. The van der Waals surface area contributed by atoms with Gasteiger partial charge in [0.1, 0.15) is 6.10 Å². The number of rotatable bonds is 8. The third-order valence-corrected chi connectivity index (χ3v) is 3.76. The summed E-state index contributed by atoms with van der Waals surface area (Å²) in [6, 6.07) is 9.87. The molecule has 0 aliphatic carbocycles. The highest BCUT2D eigenvalue weighted by molar-refractivity contribution is 5.87. The summed E-state index contributed by atoms with van der Waals surface area (Å²) in [6.45, 7) is 10.5. The second-order valence-corrected chi connectivity index (χ2v) is 6.23. The van der Waals surface area contributed by atoms with Gasteiger partial charge >= 0.3 is 5.97 Å². The van der Waals surface area contributed by atoms with Crippen molar-refractivity contribution in [1.82, 2.24) is 0 Å². The molecule has 2 rings (SSSR count). The van der Waals surface area contributed by atoms with Crippen LogP contribution < -0.4 is 0 Å². The maximum absolute atomic E-state index is 11.8. The van der Waals surface area contributed by atoms with Crippen molar-refractivity contribution in [2.75, 3.05) is 13.2 Å². The molecule has 1 fully saturated rings. The minimum absolute atomic E-state index is 0.255. The van der Waals surface area contributed by atoms with Gasteiger partial charge in [0.2, 0.25) is 0 Å². The highest BCUT2D eigenvalue weighted by atomic mass is 16.7. The first-order valence-corrected chi connectivity index (χ1v) is 8.23. The third kappa shape index (κ3) is 5.44. The summed E-state index contributed by atoms with van der Waals surface area (Å²) in [5.74, 6) is -1.05. The SMILES string of the molecule is C=C(C[C@@H](OCc1ccccc1)[C@H]1COC(C)(C)O1)C(=O)OCC. The first-order chi connectivity index (χ1) is 11.4. The van der Waals surface area contributed by atoms with Crippen molar-refractivity contribution in [1.29, 1.82) is 0 Å². The molecule has 0 N–H and O–H groups in total. The molecule has 1 aromatic rings. The van der Waals surface area contributed by atoms with Gasteiger partial charge in [0.25, 0.3) is 0 Å². The molecule has 0 saturated carbocycles. The average Bonchev–Trinajstić information content (AvgIpc) is 2.92. The quantitative estimate of drug-likeness (QED) is 0.540. The van der Waals surface area contributed by atoms with E-state index < -0.39 is 11.8 Å². The highest BCUT2D eigenvalue weighted by Gasteiger charge is 2.38. The van der Waals surface area contributed by atoms with Crippen molar-refractivity contribution in [2.45, 2.75) is 51.8 Å². The molecule has 1 aliphatic heterocycles. The maximum atomic E-state index is 11.8. The van der Waals surface area contributed by atoms with Crippen LogP contribution in [0.5, 0.6) is 0 Å². The number of carbonyl (C=O) groups is 1. The largest absolute Gasteiger partial charge is 0.463 e. The second-order valence-electron chi connectivity index (χ2n) is 6.23. The van der Waals surface area contributed by atoms with E-state index in [0.717, 1.165) is 5.56 Å². The minimum atomic E-state index is -0.649. The van der Waals surface area contributed by atoms with Gasteiger partial charge in [-0.2, -0.15) is 0 Å². The first kappa shape index (κ1) is 18.6. The molecule has 1 heterocycles. The zero-order valence-electron chi connectivity index (χ0n) is 14.6. The Balaban J connectivity index is 2.01. The fourth-order valence-corrected chi connectivity index (χ4v) is 2.53. The minimum Gasteiger partial charge on any atom is -0.463 e. The van der Waals surface area contributed by atoms with Gasteiger partial charge < -0.3 is 18.9 Å². The Bertz CT molecular complexity index is 552. The molecule has 0 radical (unpaired) electrons. The number of benzene rings is 1. The fraction of sp³-hybridized carbons (Fsp3) is 0.526. The van der Waals surface area contributed by atoms with E-state index in [1.165, 1.54) is 0 Å². The monoisotopic (exact) mass is 334 g/mol. The summed E-state index contributed by atoms with van der Waals surface area (Å²) in [5, 5.41) is 0. The molecule has 24 heavy (non-hydrogen) atoms. The standard InChI is InChI=1S/C19H26O5/c1-5-21-18(20)14(2)11-16(17-13-23-19(3,4)24-17)22-12-15-9-7-6-8-10-15/h6-10,16-17H,2,5,11-13H2,1,3-4H3/t16-,17-/m1/s1. The van der Waals surface area contributed by atoms with Crippen LogP contribution in [0.1, 0.15) is 32.8 Å². The molecule has 0 spiro atoms. The Morgan fingerprint density at radius 1 is 1.38 bits per heavy atom. The van der Waals surface area contributed by atoms with Crippen molar-refractivity contribution in [2.24, 2.45) is 0 Å². The van der Waals surface area contributed by atoms with Crippen molar-refractivity contribution in [3.63, 3.8) is 0 Å². The Morgan fingerprint density at radius 2 is 2.08 bits per heavy atom. The number of esters is 1. The average molecular weight is 334 g/mol. The van der Waals surface area contributed by atoms with E-state index in [1.54, 1.807) is 6.92 Å². The smallest absolute Gasteiger partial charge is 0.333 e. The third-order valence-electron chi connectivity index (χ3n) is 3.76. The summed E-state index contributed by atoms with van der Waals surface area (Å²) >= 11 is 0. The van der Waals surface area contributed by atoms with E-state index in [2.05, 4.69) is 6.58 Å². The fourth-order valence-electron chi connectivity index (χ4n) is 2.53. The number of hydrogen-bond donors (Lipinski definition) is 0. The molecule has 5 nitrogen and oxygen atoms in total. The van der Waals surface area contributed by atoms with Gasteiger partial charge in [-0.3, -0.25) is 0 Å². The number of hydrogen-bond acceptors (Lipinski definition) is 5. The van der Waals surface area contributed by atoms with Gasteiger partial charge in [-0.05, 0) is 26.3 Å². The highest BCUT2D eigenvalue weighted by Crippen LogP contribution is 2.28.